The van der Waals surface area contributed by atoms with Gasteiger partial charge in [0.2, 0.25) is 10.0 Å². The van der Waals surface area contributed by atoms with Crippen LogP contribution in [0.2, 0.25) is 0 Å². The molecule has 9 heteroatoms. The summed E-state index contributed by atoms with van der Waals surface area (Å²) in [5.74, 6) is 1.26. The van der Waals surface area contributed by atoms with Crippen molar-refractivity contribution in [3.8, 4) is 0 Å². The Morgan fingerprint density at radius 2 is 2.07 bits per heavy atom. The predicted molar refractivity (Wildman–Crippen MR) is 102 cm³/mol. The summed E-state index contributed by atoms with van der Waals surface area (Å²) in [6.45, 7) is 2.78. The molecule has 1 aromatic heterocycles. The standard InChI is InChI=1S/C18H24N4O4S/c1-11-10-22(27(2,24)25)8-7-14(11)21-18(23)19-13-5-6-16-15(9-13)20-17(26-16)12-3-4-12/h5-6,9,11-12,14H,3-4,7-8,10H2,1-2H3,(H2,19,21,23). The highest BCUT2D eigenvalue weighted by molar-refractivity contribution is 7.88. The van der Waals surface area contributed by atoms with Gasteiger partial charge in [-0.05, 0) is 43.4 Å². The van der Waals surface area contributed by atoms with Gasteiger partial charge in [-0.15, -0.1) is 0 Å². The number of nitrogens with one attached hydrogen (secondary N) is 2. The number of urea groups is 1. The highest BCUT2D eigenvalue weighted by Gasteiger charge is 2.31. The van der Waals surface area contributed by atoms with Crippen LogP contribution in [0, 0.1) is 5.92 Å². The van der Waals surface area contributed by atoms with Crippen LogP contribution < -0.4 is 10.6 Å². The highest BCUT2D eigenvalue weighted by atomic mass is 32.2. The van der Waals surface area contributed by atoms with Crippen molar-refractivity contribution in [2.24, 2.45) is 5.92 Å². The molecule has 1 saturated carbocycles. The average molecular weight is 392 g/mol. The molecule has 8 nitrogen and oxygen atoms in total. The molecular formula is C18H24N4O4S. The monoisotopic (exact) mass is 392 g/mol. The third kappa shape index (κ3) is 4.08. The van der Waals surface area contributed by atoms with Gasteiger partial charge < -0.3 is 15.1 Å². The summed E-state index contributed by atoms with van der Waals surface area (Å²) in [5.41, 5.74) is 2.12. The number of anilines is 1. The van der Waals surface area contributed by atoms with E-state index in [2.05, 4.69) is 15.6 Å². The van der Waals surface area contributed by atoms with Crippen LogP contribution in [0.25, 0.3) is 11.1 Å². The molecule has 2 aromatic rings. The molecule has 2 N–H and O–H groups in total. The Morgan fingerprint density at radius 1 is 1.30 bits per heavy atom. The zero-order valence-electron chi connectivity index (χ0n) is 15.4. The van der Waals surface area contributed by atoms with Crippen LogP contribution in [0.15, 0.2) is 22.6 Å². The average Bonchev–Trinajstić information content (AvgIpc) is 3.35. The molecule has 1 aliphatic heterocycles. The molecule has 2 unspecified atom stereocenters. The lowest BCUT2D eigenvalue weighted by molar-refractivity contribution is 0.211. The van der Waals surface area contributed by atoms with Crippen LogP contribution in [0.1, 0.15) is 38.0 Å². The first-order valence-corrected chi connectivity index (χ1v) is 11.1. The summed E-state index contributed by atoms with van der Waals surface area (Å²) in [7, 11) is -3.19. The van der Waals surface area contributed by atoms with Gasteiger partial charge in [-0.2, -0.15) is 0 Å². The van der Waals surface area contributed by atoms with E-state index in [0.717, 1.165) is 29.8 Å². The van der Waals surface area contributed by atoms with Crippen LogP contribution >= 0.6 is 0 Å². The molecule has 2 fully saturated rings. The van der Waals surface area contributed by atoms with Crippen molar-refractivity contribution in [1.29, 1.82) is 0 Å². The van der Waals surface area contributed by atoms with E-state index in [-0.39, 0.29) is 18.0 Å². The third-order valence-corrected chi connectivity index (χ3v) is 6.51. The van der Waals surface area contributed by atoms with Crippen molar-refractivity contribution in [2.45, 2.75) is 38.1 Å². The topological polar surface area (TPSA) is 105 Å². The van der Waals surface area contributed by atoms with E-state index in [4.69, 9.17) is 4.42 Å². The molecule has 1 aromatic carbocycles. The van der Waals surface area contributed by atoms with Crippen LogP contribution in [-0.4, -0.2) is 49.1 Å². The van der Waals surface area contributed by atoms with E-state index in [1.165, 1.54) is 10.6 Å². The summed E-state index contributed by atoms with van der Waals surface area (Å²) in [5, 5.41) is 5.79. The number of hydrogen-bond acceptors (Lipinski definition) is 5. The van der Waals surface area contributed by atoms with Gasteiger partial charge in [-0.1, -0.05) is 6.92 Å². The SMILES string of the molecule is CC1CN(S(C)(=O)=O)CCC1NC(=O)Nc1ccc2oc(C3CC3)nc2c1. The molecule has 4 rings (SSSR count). The van der Waals surface area contributed by atoms with Crippen LogP contribution in [0.5, 0.6) is 0 Å². The van der Waals surface area contributed by atoms with E-state index in [1.54, 1.807) is 12.1 Å². The van der Waals surface area contributed by atoms with E-state index in [1.807, 2.05) is 13.0 Å². The Kier molecular flexibility index (Phi) is 4.59. The fourth-order valence-corrected chi connectivity index (χ4v) is 4.43. The van der Waals surface area contributed by atoms with E-state index < -0.39 is 10.0 Å². The highest BCUT2D eigenvalue weighted by Crippen LogP contribution is 2.40. The van der Waals surface area contributed by atoms with Crippen molar-refractivity contribution < 1.29 is 17.6 Å². The van der Waals surface area contributed by atoms with E-state index >= 15 is 0 Å². The molecule has 2 aliphatic rings. The molecule has 0 spiro atoms. The van der Waals surface area contributed by atoms with Gasteiger partial charge >= 0.3 is 6.03 Å². The van der Waals surface area contributed by atoms with Gasteiger partial charge in [-0.25, -0.2) is 22.5 Å². The molecule has 0 radical (unpaired) electrons. The van der Waals surface area contributed by atoms with E-state index in [0.29, 0.717) is 31.1 Å². The first-order chi connectivity index (χ1) is 12.8. The molecule has 1 aliphatic carbocycles. The minimum absolute atomic E-state index is 0.0401. The number of piperidine rings is 1. The van der Waals surface area contributed by atoms with Crippen LogP contribution in [-0.2, 0) is 10.0 Å². The number of carbonyl (C=O) groups excluding carboxylic acids is 1. The number of rotatable bonds is 4. The Balaban J connectivity index is 1.37. The molecule has 2 atom stereocenters. The number of hydrogen-bond donors (Lipinski definition) is 2. The lowest BCUT2D eigenvalue weighted by atomic mass is 9.95. The number of benzene rings is 1. The fraction of sp³-hybridized carbons (Fsp3) is 0.556. The Morgan fingerprint density at radius 3 is 2.74 bits per heavy atom. The molecular weight excluding hydrogens is 368 g/mol. The minimum atomic E-state index is -3.19. The van der Waals surface area contributed by atoms with Gasteiger partial charge in [0.15, 0.2) is 11.5 Å². The quantitative estimate of drug-likeness (QED) is 0.832. The molecule has 146 valence electrons. The number of amides is 2. The van der Waals surface area contributed by atoms with Crippen molar-refractivity contribution in [3.05, 3.63) is 24.1 Å². The molecule has 2 amide bonds. The van der Waals surface area contributed by atoms with Crippen molar-refractivity contribution in [1.82, 2.24) is 14.6 Å². The number of nitrogens with zero attached hydrogens (tertiary/aromatic N) is 2. The van der Waals surface area contributed by atoms with Gasteiger partial charge in [0.25, 0.3) is 0 Å². The molecule has 27 heavy (non-hydrogen) atoms. The largest absolute Gasteiger partial charge is 0.440 e. The lowest BCUT2D eigenvalue weighted by Crippen LogP contribution is -2.52. The lowest BCUT2D eigenvalue weighted by Gasteiger charge is -2.35. The van der Waals surface area contributed by atoms with E-state index in [9.17, 15) is 13.2 Å². The van der Waals surface area contributed by atoms with Gasteiger partial charge in [0, 0.05) is 30.7 Å². The number of oxazole rings is 1. The second-order valence-electron chi connectivity index (χ2n) is 7.60. The predicted octanol–water partition coefficient (Wildman–Crippen LogP) is 2.50. The molecule has 2 heterocycles. The number of sulfonamides is 1. The normalized spacial score (nSPS) is 24.1. The fourth-order valence-electron chi connectivity index (χ4n) is 3.49. The second-order valence-corrected chi connectivity index (χ2v) is 9.58. The first kappa shape index (κ1) is 18.2. The number of carbonyl (C=O) groups is 1. The zero-order valence-corrected chi connectivity index (χ0v) is 16.3. The van der Waals surface area contributed by atoms with Crippen molar-refractivity contribution >= 4 is 32.8 Å². The summed E-state index contributed by atoms with van der Waals surface area (Å²) < 4.78 is 30.5. The third-order valence-electron chi connectivity index (χ3n) is 5.24. The minimum Gasteiger partial charge on any atom is -0.440 e. The number of fused-ring (bicyclic) bond motifs is 1. The van der Waals surface area contributed by atoms with Gasteiger partial charge in [0.1, 0.15) is 5.52 Å². The summed E-state index contributed by atoms with van der Waals surface area (Å²) in [6, 6.07) is 5.04. The number of aromatic nitrogens is 1. The van der Waals surface area contributed by atoms with Gasteiger partial charge in [-0.3, -0.25) is 0 Å². The van der Waals surface area contributed by atoms with Crippen molar-refractivity contribution in [2.75, 3.05) is 24.7 Å². The Labute approximate surface area is 158 Å². The maximum absolute atomic E-state index is 12.4. The maximum atomic E-state index is 12.4. The Bertz CT molecular complexity index is 967. The molecule has 1 saturated heterocycles. The van der Waals surface area contributed by atoms with Crippen LogP contribution in [0.4, 0.5) is 10.5 Å². The van der Waals surface area contributed by atoms with Gasteiger partial charge in [0.05, 0.1) is 6.26 Å². The second kappa shape index (κ2) is 6.79. The van der Waals surface area contributed by atoms with Crippen molar-refractivity contribution in [3.63, 3.8) is 0 Å². The molecule has 0 bridgehead atoms. The summed E-state index contributed by atoms with van der Waals surface area (Å²) >= 11 is 0. The zero-order chi connectivity index (χ0) is 19.2. The maximum Gasteiger partial charge on any atom is 0.319 e. The smallest absolute Gasteiger partial charge is 0.319 e. The first-order valence-electron chi connectivity index (χ1n) is 9.23. The summed E-state index contributed by atoms with van der Waals surface area (Å²) in [6.07, 6.45) is 4.05. The summed E-state index contributed by atoms with van der Waals surface area (Å²) in [4.78, 5) is 16.9. The van der Waals surface area contributed by atoms with Crippen LogP contribution in [0.3, 0.4) is 0 Å². The Hall–Kier alpha value is -2.13.